The fourth-order valence-corrected chi connectivity index (χ4v) is 1.98. The van der Waals surface area contributed by atoms with Gasteiger partial charge in [-0.1, -0.05) is 19.9 Å². The molecule has 0 bridgehead atoms. The molecule has 1 aromatic heterocycles. The Hall–Kier alpha value is -2.04. The van der Waals surface area contributed by atoms with Gasteiger partial charge in [0.2, 0.25) is 0 Å². The van der Waals surface area contributed by atoms with Gasteiger partial charge in [-0.2, -0.15) is 15.4 Å². The van der Waals surface area contributed by atoms with Gasteiger partial charge in [-0.25, -0.2) is 0 Å². The summed E-state index contributed by atoms with van der Waals surface area (Å²) < 4.78 is 11.5. The molecule has 1 N–H and O–H groups in total. The molecule has 2 rings (SSSR count). The van der Waals surface area contributed by atoms with Crippen LogP contribution in [0.4, 0.5) is 0 Å². The number of nitrogens with zero attached hydrogens (tertiary/aromatic N) is 2. The lowest BCUT2D eigenvalue weighted by Crippen LogP contribution is -2.02. The van der Waals surface area contributed by atoms with E-state index in [-0.39, 0.29) is 0 Å². The van der Waals surface area contributed by atoms with E-state index in [0.29, 0.717) is 13.2 Å². The molecule has 0 saturated carbocycles. The maximum Gasteiger partial charge on any atom is 0.161 e. The summed E-state index contributed by atoms with van der Waals surface area (Å²) in [6, 6.07) is 6.16. The van der Waals surface area contributed by atoms with Gasteiger partial charge in [0.05, 0.1) is 25.1 Å². The zero-order valence-corrected chi connectivity index (χ0v) is 12.8. The van der Waals surface area contributed by atoms with Crippen molar-refractivity contribution in [2.75, 3.05) is 13.2 Å². The second-order valence-electron chi connectivity index (χ2n) is 4.94. The minimum Gasteiger partial charge on any atom is -0.490 e. The van der Waals surface area contributed by atoms with E-state index in [2.05, 4.69) is 41.4 Å². The van der Waals surface area contributed by atoms with Gasteiger partial charge >= 0.3 is 0 Å². The van der Waals surface area contributed by atoms with E-state index in [4.69, 9.17) is 9.47 Å². The summed E-state index contributed by atoms with van der Waals surface area (Å²) in [5.41, 5.74) is 2.19. The third-order valence-corrected chi connectivity index (χ3v) is 3.07. The Bertz CT molecular complexity index is 526. The molecule has 2 aromatic rings. The first-order chi connectivity index (χ1) is 10.3. The molecule has 21 heavy (non-hydrogen) atoms. The summed E-state index contributed by atoms with van der Waals surface area (Å²) in [6.07, 6.45) is 5.49. The van der Waals surface area contributed by atoms with Crippen LogP contribution in [0.1, 0.15) is 37.9 Å². The highest BCUT2D eigenvalue weighted by atomic mass is 16.5. The summed E-state index contributed by atoms with van der Waals surface area (Å²) in [5, 5.41) is 10.5. The number of aromatic nitrogens is 3. The Kier molecular flexibility index (Phi) is 6.06. The number of nitrogens with one attached hydrogen (secondary N) is 1. The summed E-state index contributed by atoms with van der Waals surface area (Å²) in [5.74, 6) is 1.67. The van der Waals surface area contributed by atoms with Gasteiger partial charge in [-0.3, -0.25) is 0 Å². The number of aryl methyl sites for hydroxylation is 2. The van der Waals surface area contributed by atoms with E-state index in [1.165, 1.54) is 5.56 Å². The van der Waals surface area contributed by atoms with E-state index in [0.717, 1.165) is 42.9 Å². The minimum absolute atomic E-state index is 0.704. The summed E-state index contributed by atoms with van der Waals surface area (Å²) in [7, 11) is 0. The van der Waals surface area contributed by atoms with Crippen LogP contribution in [0.25, 0.3) is 0 Å². The lowest BCUT2D eigenvalue weighted by Gasteiger charge is -2.13. The Morgan fingerprint density at radius 2 is 1.76 bits per heavy atom. The summed E-state index contributed by atoms with van der Waals surface area (Å²) in [6.45, 7) is 5.61. The van der Waals surface area contributed by atoms with Crippen LogP contribution in [0, 0.1) is 0 Å². The quantitative estimate of drug-likeness (QED) is 0.770. The molecule has 5 nitrogen and oxygen atoms in total. The maximum absolute atomic E-state index is 5.80. The van der Waals surface area contributed by atoms with Crippen molar-refractivity contribution in [2.45, 2.75) is 39.5 Å². The highest BCUT2D eigenvalue weighted by Gasteiger charge is 2.07. The number of hydrogen-bond acceptors (Lipinski definition) is 4. The smallest absolute Gasteiger partial charge is 0.161 e. The van der Waals surface area contributed by atoms with Crippen LogP contribution in [0.3, 0.4) is 0 Å². The predicted molar refractivity (Wildman–Crippen MR) is 81.8 cm³/mol. The Morgan fingerprint density at radius 3 is 2.43 bits per heavy atom. The molecule has 1 aromatic carbocycles. The Labute approximate surface area is 125 Å². The topological polar surface area (TPSA) is 60.0 Å². The van der Waals surface area contributed by atoms with Gasteiger partial charge in [0.25, 0.3) is 0 Å². The largest absolute Gasteiger partial charge is 0.490 e. The molecule has 0 amide bonds. The molecule has 0 radical (unpaired) electrons. The molecule has 114 valence electrons. The molecule has 1 heterocycles. The second-order valence-corrected chi connectivity index (χ2v) is 4.94. The number of ether oxygens (including phenoxy) is 2. The van der Waals surface area contributed by atoms with Gasteiger partial charge in [0.1, 0.15) is 0 Å². The first kappa shape index (κ1) is 15.4. The number of rotatable bonds is 9. The second kappa shape index (κ2) is 8.29. The number of H-pyrrole nitrogens is 1. The molecule has 0 saturated heterocycles. The van der Waals surface area contributed by atoms with E-state index in [9.17, 15) is 0 Å². The SMILES string of the molecule is CCCOc1ccc(CCc2cn[nH]n2)cc1OCCC. The molecular weight excluding hydrogens is 266 g/mol. The first-order valence-electron chi connectivity index (χ1n) is 7.56. The molecule has 5 heteroatoms. The van der Waals surface area contributed by atoms with E-state index in [1.54, 1.807) is 6.20 Å². The molecule has 0 aliphatic rings. The van der Waals surface area contributed by atoms with Crippen molar-refractivity contribution in [1.29, 1.82) is 0 Å². The zero-order valence-electron chi connectivity index (χ0n) is 12.8. The summed E-state index contributed by atoms with van der Waals surface area (Å²) >= 11 is 0. The maximum atomic E-state index is 5.80. The average molecular weight is 289 g/mol. The molecule has 0 unspecified atom stereocenters. The standard InChI is InChI=1S/C16H23N3O2/c1-3-9-20-15-8-6-13(11-16(15)21-10-4-2)5-7-14-12-17-19-18-14/h6,8,11-12H,3-5,7,9-10H2,1-2H3,(H,17,18,19). The van der Waals surface area contributed by atoms with Crippen LogP contribution < -0.4 is 9.47 Å². The van der Waals surface area contributed by atoms with Crippen molar-refractivity contribution < 1.29 is 9.47 Å². The average Bonchev–Trinajstić information content (AvgIpc) is 3.03. The van der Waals surface area contributed by atoms with Crippen LogP contribution in [-0.2, 0) is 12.8 Å². The zero-order chi connectivity index (χ0) is 14.9. The molecule has 0 atom stereocenters. The predicted octanol–water partition coefficient (Wildman–Crippen LogP) is 3.17. The van der Waals surface area contributed by atoms with Gasteiger partial charge in [-0.15, -0.1) is 0 Å². The summed E-state index contributed by atoms with van der Waals surface area (Å²) in [4.78, 5) is 0. The van der Waals surface area contributed by atoms with Crippen molar-refractivity contribution in [3.63, 3.8) is 0 Å². The molecular formula is C16H23N3O2. The molecule has 0 spiro atoms. The Balaban J connectivity index is 2.03. The number of benzene rings is 1. The van der Waals surface area contributed by atoms with Crippen molar-refractivity contribution in [3.05, 3.63) is 35.7 Å². The van der Waals surface area contributed by atoms with E-state index < -0.39 is 0 Å². The van der Waals surface area contributed by atoms with Crippen LogP contribution >= 0.6 is 0 Å². The fraction of sp³-hybridized carbons (Fsp3) is 0.500. The first-order valence-corrected chi connectivity index (χ1v) is 7.56. The lowest BCUT2D eigenvalue weighted by atomic mass is 10.1. The van der Waals surface area contributed by atoms with Crippen LogP contribution in [0.5, 0.6) is 11.5 Å². The monoisotopic (exact) mass is 289 g/mol. The Morgan fingerprint density at radius 1 is 1.00 bits per heavy atom. The van der Waals surface area contributed by atoms with Gasteiger partial charge in [0.15, 0.2) is 11.5 Å². The number of hydrogen-bond donors (Lipinski definition) is 1. The van der Waals surface area contributed by atoms with Crippen molar-refractivity contribution in [1.82, 2.24) is 15.4 Å². The molecule has 0 fully saturated rings. The minimum atomic E-state index is 0.704. The van der Waals surface area contributed by atoms with Crippen LogP contribution in [0.15, 0.2) is 24.4 Å². The highest BCUT2D eigenvalue weighted by molar-refractivity contribution is 5.43. The van der Waals surface area contributed by atoms with Crippen LogP contribution in [-0.4, -0.2) is 28.6 Å². The van der Waals surface area contributed by atoms with E-state index >= 15 is 0 Å². The van der Waals surface area contributed by atoms with Crippen LogP contribution in [0.2, 0.25) is 0 Å². The highest BCUT2D eigenvalue weighted by Crippen LogP contribution is 2.29. The van der Waals surface area contributed by atoms with E-state index in [1.807, 2.05) is 6.07 Å². The normalized spacial score (nSPS) is 10.6. The third-order valence-electron chi connectivity index (χ3n) is 3.07. The molecule has 0 aliphatic carbocycles. The third kappa shape index (κ3) is 4.77. The van der Waals surface area contributed by atoms with Gasteiger partial charge in [0, 0.05) is 0 Å². The fourth-order valence-electron chi connectivity index (χ4n) is 1.98. The van der Waals surface area contributed by atoms with Crippen molar-refractivity contribution in [3.8, 4) is 11.5 Å². The van der Waals surface area contributed by atoms with Gasteiger partial charge in [-0.05, 0) is 43.4 Å². The van der Waals surface area contributed by atoms with Crippen molar-refractivity contribution in [2.24, 2.45) is 0 Å². The molecule has 0 aliphatic heterocycles. The van der Waals surface area contributed by atoms with Gasteiger partial charge < -0.3 is 9.47 Å². The van der Waals surface area contributed by atoms with Crippen molar-refractivity contribution >= 4 is 0 Å². The number of aromatic amines is 1. The lowest BCUT2D eigenvalue weighted by molar-refractivity contribution is 0.268.